The standard InChI is InChI=1S/C31H37FN4O5S2/c1-22(24-3-9-27(32)10-4-24)34-31(37)26-5-11-28(12-6-26)35-43(40,41)29-13-7-25(8-14-29)30-15-2-23(20-33-30)21-36-16-18-42(38,39)19-17-36/h2-4,7-10,13-15,20,22,26,28,35H,5-6,11-12,16-19,21H2,1H3,(H,34,37)/t22-,26?,28?/m1/s1. The van der Waals surface area contributed by atoms with Crippen molar-refractivity contribution in [3.05, 3.63) is 83.8 Å². The van der Waals surface area contributed by atoms with E-state index < -0.39 is 19.9 Å². The van der Waals surface area contributed by atoms with Crippen molar-refractivity contribution < 1.29 is 26.0 Å². The second-order valence-corrected chi connectivity index (χ2v) is 15.5. The number of sulfonamides is 1. The third-order valence-corrected chi connectivity index (χ3v) is 11.4. The summed E-state index contributed by atoms with van der Waals surface area (Å²) in [7, 11) is -6.66. The molecule has 230 valence electrons. The molecule has 1 saturated heterocycles. The van der Waals surface area contributed by atoms with Crippen LogP contribution in [-0.4, -0.2) is 63.3 Å². The molecule has 2 N–H and O–H groups in total. The Labute approximate surface area is 252 Å². The highest BCUT2D eigenvalue weighted by Gasteiger charge is 2.30. The van der Waals surface area contributed by atoms with Crippen LogP contribution in [0.1, 0.15) is 49.8 Å². The number of pyridine rings is 1. The van der Waals surface area contributed by atoms with Gasteiger partial charge < -0.3 is 5.32 Å². The second kappa shape index (κ2) is 13.2. The lowest BCUT2D eigenvalue weighted by molar-refractivity contribution is -0.126. The van der Waals surface area contributed by atoms with E-state index >= 15 is 0 Å². The van der Waals surface area contributed by atoms with Crippen molar-refractivity contribution in [3.8, 4) is 11.3 Å². The van der Waals surface area contributed by atoms with Gasteiger partial charge in [0.05, 0.1) is 28.1 Å². The molecule has 2 aromatic carbocycles. The highest BCUT2D eigenvalue weighted by atomic mass is 32.2. The van der Waals surface area contributed by atoms with Gasteiger partial charge in [0.25, 0.3) is 0 Å². The number of rotatable bonds is 9. The number of benzene rings is 2. The predicted octanol–water partition coefficient (Wildman–Crippen LogP) is 3.83. The Morgan fingerprint density at radius 3 is 2.23 bits per heavy atom. The first kappa shape index (κ1) is 31.2. The van der Waals surface area contributed by atoms with Crippen LogP contribution in [0.25, 0.3) is 11.3 Å². The van der Waals surface area contributed by atoms with E-state index in [1.807, 2.05) is 19.1 Å². The summed E-state index contributed by atoms with van der Waals surface area (Å²) in [6.45, 7) is 3.52. The number of amides is 1. The maximum Gasteiger partial charge on any atom is 0.240 e. The molecule has 1 aliphatic carbocycles. The average Bonchev–Trinajstić information content (AvgIpc) is 2.99. The van der Waals surface area contributed by atoms with Crippen molar-refractivity contribution >= 4 is 25.8 Å². The third kappa shape index (κ3) is 8.26. The van der Waals surface area contributed by atoms with Crippen LogP contribution in [0, 0.1) is 11.7 Å². The number of nitrogens with zero attached hydrogens (tertiary/aromatic N) is 2. The van der Waals surface area contributed by atoms with Gasteiger partial charge in [0, 0.05) is 43.4 Å². The molecule has 5 rings (SSSR count). The molecule has 2 aliphatic rings. The fourth-order valence-electron chi connectivity index (χ4n) is 5.59. The minimum Gasteiger partial charge on any atom is -0.349 e. The monoisotopic (exact) mass is 628 g/mol. The number of carbonyl (C=O) groups is 1. The van der Waals surface area contributed by atoms with Gasteiger partial charge >= 0.3 is 0 Å². The number of halogens is 1. The number of hydrogen-bond donors (Lipinski definition) is 2. The molecule has 1 atom stereocenters. The number of nitrogens with one attached hydrogen (secondary N) is 2. The van der Waals surface area contributed by atoms with Crippen LogP contribution < -0.4 is 10.0 Å². The first-order valence-electron chi connectivity index (χ1n) is 14.5. The summed E-state index contributed by atoms with van der Waals surface area (Å²) in [5.74, 6) is -0.231. The van der Waals surface area contributed by atoms with E-state index in [0.29, 0.717) is 51.0 Å². The molecule has 43 heavy (non-hydrogen) atoms. The van der Waals surface area contributed by atoms with Gasteiger partial charge in [-0.25, -0.2) is 25.9 Å². The Kier molecular flexibility index (Phi) is 9.60. The molecular formula is C31H37FN4O5S2. The molecule has 1 aliphatic heterocycles. The normalized spacial score (nSPS) is 21.6. The van der Waals surface area contributed by atoms with Crippen molar-refractivity contribution in [2.45, 2.75) is 56.1 Å². The topological polar surface area (TPSA) is 126 Å². The van der Waals surface area contributed by atoms with Gasteiger partial charge in [-0.3, -0.25) is 14.7 Å². The van der Waals surface area contributed by atoms with Crippen LogP contribution in [0.5, 0.6) is 0 Å². The molecule has 1 aromatic heterocycles. The zero-order valence-electron chi connectivity index (χ0n) is 24.1. The maximum absolute atomic E-state index is 13.2. The lowest BCUT2D eigenvalue weighted by atomic mass is 9.85. The number of sulfone groups is 1. The van der Waals surface area contributed by atoms with E-state index in [1.54, 1.807) is 42.6 Å². The minimum atomic E-state index is -3.74. The van der Waals surface area contributed by atoms with E-state index in [4.69, 9.17) is 0 Å². The zero-order valence-corrected chi connectivity index (χ0v) is 25.7. The lowest BCUT2D eigenvalue weighted by Crippen LogP contribution is -2.41. The minimum absolute atomic E-state index is 0.0719. The summed E-state index contributed by atoms with van der Waals surface area (Å²) in [6, 6.07) is 16.0. The van der Waals surface area contributed by atoms with Crippen molar-refractivity contribution in [2.24, 2.45) is 5.92 Å². The average molecular weight is 629 g/mol. The molecule has 1 amide bonds. The molecule has 0 unspecified atom stereocenters. The zero-order chi connectivity index (χ0) is 30.6. The van der Waals surface area contributed by atoms with Crippen LogP contribution in [0.15, 0.2) is 71.8 Å². The summed E-state index contributed by atoms with van der Waals surface area (Å²) < 4.78 is 65.5. The first-order chi connectivity index (χ1) is 20.5. The van der Waals surface area contributed by atoms with Gasteiger partial charge in [-0.2, -0.15) is 0 Å². The molecular weight excluding hydrogens is 591 g/mol. The summed E-state index contributed by atoms with van der Waals surface area (Å²) in [4.78, 5) is 19.6. The Hall–Kier alpha value is -3.19. The predicted molar refractivity (Wildman–Crippen MR) is 163 cm³/mol. The molecule has 9 nitrogen and oxygen atoms in total. The van der Waals surface area contributed by atoms with Crippen LogP contribution in [0.2, 0.25) is 0 Å². The summed E-state index contributed by atoms with van der Waals surface area (Å²) in [5.41, 5.74) is 3.31. The molecule has 3 aromatic rings. The van der Waals surface area contributed by atoms with E-state index in [-0.39, 0.29) is 46.1 Å². The van der Waals surface area contributed by atoms with Crippen molar-refractivity contribution in [2.75, 3.05) is 24.6 Å². The Morgan fingerprint density at radius 1 is 0.977 bits per heavy atom. The summed E-state index contributed by atoms with van der Waals surface area (Å²) in [6.07, 6.45) is 4.04. The van der Waals surface area contributed by atoms with Gasteiger partial charge in [0.1, 0.15) is 5.82 Å². The van der Waals surface area contributed by atoms with E-state index in [1.165, 1.54) is 12.1 Å². The number of carbonyl (C=O) groups excluding carboxylic acids is 1. The van der Waals surface area contributed by atoms with Gasteiger partial charge in [0.2, 0.25) is 15.9 Å². The summed E-state index contributed by atoms with van der Waals surface area (Å²) in [5, 5.41) is 2.99. The molecule has 12 heteroatoms. The van der Waals surface area contributed by atoms with Crippen molar-refractivity contribution in [3.63, 3.8) is 0 Å². The quantitative estimate of drug-likeness (QED) is 0.369. The largest absolute Gasteiger partial charge is 0.349 e. The van der Waals surface area contributed by atoms with E-state index in [2.05, 4.69) is 19.9 Å². The molecule has 2 heterocycles. The smallest absolute Gasteiger partial charge is 0.240 e. The highest BCUT2D eigenvalue weighted by Crippen LogP contribution is 2.27. The second-order valence-electron chi connectivity index (χ2n) is 11.5. The Morgan fingerprint density at radius 2 is 1.63 bits per heavy atom. The van der Waals surface area contributed by atoms with Crippen molar-refractivity contribution in [1.29, 1.82) is 0 Å². The molecule has 0 spiro atoms. The van der Waals surface area contributed by atoms with Crippen molar-refractivity contribution in [1.82, 2.24) is 19.9 Å². The molecule has 2 fully saturated rings. The number of aromatic nitrogens is 1. The third-order valence-electron chi connectivity index (χ3n) is 8.28. The van der Waals surface area contributed by atoms with Gasteiger partial charge in [-0.1, -0.05) is 30.3 Å². The van der Waals surface area contributed by atoms with Crippen LogP contribution >= 0.6 is 0 Å². The van der Waals surface area contributed by atoms with Crippen LogP contribution in [-0.2, 0) is 31.2 Å². The summed E-state index contributed by atoms with van der Waals surface area (Å²) >= 11 is 0. The highest BCUT2D eigenvalue weighted by molar-refractivity contribution is 7.91. The molecule has 0 bridgehead atoms. The SMILES string of the molecule is C[C@@H](NC(=O)C1CCC(NS(=O)(=O)c2ccc(-c3ccc(CN4CCS(=O)(=O)CC4)cn3)cc2)CC1)c1ccc(F)cc1. The Bertz CT molecular complexity index is 1610. The molecule has 1 saturated carbocycles. The molecule has 0 radical (unpaired) electrons. The van der Waals surface area contributed by atoms with Gasteiger partial charge in [-0.05, 0) is 74.1 Å². The maximum atomic E-state index is 13.2. The lowest BCUT2D eigenvalue weighted by Gasteiger charge is -2.29. The van der Waals surface area contributed by atoms with Gasteiger partial charge in [-0.15, -0.1) is 0 Å². The van der Waals surface area contributed by atoms with Crippen LogP contribution in [0.3, 0.4) is 0 Å². The van der Waals surface area contributed by atoms with E-state index in [9.17, 15) is 26.0 Å². The van der Waals surface area contributed by atoms with Gasteiger partial charge in [0.15, 0.2) is 9.84 Å². The number of hydrogen-bond acceptors (Lipinski definition) is 7. The Balaban J connectivity index is 1.10. The van der Waals surface area contributed by atoms with Crippen LogP contribution in [0.4, 0.5) is 4.39 Å². The van der Waals surface area contributed by atoms with E-state index in [0.717, 1.165) is 16.7 Å². The first-order valence-corrected chi connectivity index (χ1v) is 17.8. The fourth-order valence-corrected chi connectivity index (χ4v) is 8.17. The fraction of sp³-hybridized carbons (Fsp3) is 0.419.